The highest BCUT2D eigenvalue weighted by Crippen LogP contribution is 2.14. The number of likely N-dealkylation sites (tertiary alicyclic amines) is 1. The molecule has 6 nitrogen and oxygen atoms in total. The van der Waals surface area contributed by atoms with Gasteiger partial charge in [-0.2, -0.15) is 5.10 Å². The van der Waals surface area contributed by atoms with Crippen LogP contribution in [0.1, 0.15) is 38.7 Å². The number of benzene rings is 1. The third-order valence-corrected chi connectivity index (χ3v) is 5.21. The van der Waals surface area contributed by atoms with Crippen molar-refractivity contribution >= 4 is 41.5 Å². The standard InChI is InChI=1S/C21H31ClN6.HI/c1-3-11-27-12-9-19(10-13-27)26-21(23-4-2)24-14-17-15-25-28(16-17)20-7-5-18(22)6-8-20;/h5-8,15-16,19H,3-4,9-14H2,1-2H3,(H2,23,24,26);1H. The van der Waals surface area contributed by atoms with Gasteiger partial charge in [0.1, 0.15) is 0 Å². The van der Waals surface area contributed by atoms with Crippen LogP contribution in [0, 0.1) is 0 Å². The molecule has 8 heteroatoms. The molecule has 3 rings (SSSR count). The molecule has 0 atom stereocenters. The van der Waals surface area contributed by atoms with Crippen LogP contribution in [0.15, 0.2) is 41.7 Å². The summed E-state index contributed by atoms with van der Waals surface area (Å²) in [5, 5.41) is 12.1. The van der Waals surface area contributed by atoms with Gasteiger partial charge >= 0.3 is 0 Å². The van der Waals surface area contributed by atoms with Gasteiger partial charge in [-0.15, -0.1) is 24.0 Å². The first-order valence-corrected chi connectivity index (χ1v) is 10.6. The summed E-state index contributed by atoms with van der Waals surface area (Å²) in [4.78, 5) is 7.31. The van der Waals surface area contributed by atoms with Gasteiger partial charge in [0.05, 0.1) is 18.4 Å². The monoisotopic (exact) mass is 530 g/mol. The molecule has 2 N–H and O–H groups in total. The second kappa shape index (κ2) is 12.4. The van der Waals surface area contributed by atoms with E-state index in [0.29, 0.717) is 12.6 Å². The third kappa shape index (κ3) is 7.46. The molecular formula is C21H32ClIN6. The van der Waals surface area contributed by atoms with Crippen LogP contribution in [0.2, 0.25) is 5.02 Å². The number of rotatable bonds is 7. The van der Waals surface area contributed by atoms with E-state index < -0.39 is 0 Å². The normalized spacial score (nSPS) is 15.8. The molecule has 1 aliphatic rings. The van der Waals surface area contributed by atoms with Gasteiger partial charge in [-0.3, -0.25) is 0 Å². The zero-order valence-corrected chi connectivity index (χ0v) is 20.4. The Balaban J connectivity index is 0.00000300. The largest absolute Gasteiger partial charge is 0.357 e. The molecule has 1 saturated heterocycles. The highest BCUT2D eigenvalue weighted by atomic mass is 127. The number of guanidine groups is 1. The minimum absolute atomic E-state index is 0. The lowest BCUT2D eigenvalue weighted by molar-refractivity contribution is 0.206. The van der Waals surface area contributed by atoms with Crippen molar-refractivity contribution in [3.8, 4) is 5.69 Å². The number of nitrogens with zero attached hydrogens (tertiary/aromatic N) is 4. The Morgan fingerprint density at radius 3 is 2.59 bits per heavy atom. The molecule has 0 amide bonds. The number of hydrogen-bond donors (Lipinski definition) is 2. The predicted octanol–water partition coefficient (Wildman–Crippen LogP) is 4.07. The van der Waals surface area contributed by atoms with Crippen LogP contribution >= 0.6 is 35.6 Å². The fourth-order valence-electron chi connectivity index (χ4n) is 3.48. The predicted molar refractivity (Wildman–Crippen MR) is 132 cm³/mol. The summed E-state index contributed by atoms with van der Waals surface area (Å²) in [5.74, 6) is 0.885. The lowest BCUT2D eigenvalue weighted by Crippen LogP contribution is -2.48. The Bertz CT molecular complexity index is 753. The van der Waals surface area contributed by atoms with Crippen LogP contribution in [0.25, 0.3) is 5.69 Å². The van der Waals surface area contributed by atoms with E-state index in [0.717, 1.165) is 28.8 Å². The van der Waals surface area contributed by atoms with E-state index in [2.05, 4.69) is 34.5 Å². The molecule has 0 saturated carbocycles. The van der Waals surface area contributed by atoms with Crippen LogP contribution in [-0.2, 0) is 6.54 Å². The summed E-state index contributed by atoms with van der Waals surface area (Å²) in [7, 11) is 0. The van der Waals surface area contributed by atoms with Crippen molar-refractivity contribution < 1.29 is 0 Å². The summed E-state index contributed by atoms with van der Waals surface area (Å²) in [6.45, 7) is 9.33. The maximum Gasteiger partial charge on any atom is 0.191 e. The lowest BCUT2D eigenvalue weighted by atomic mass is 10.1. The van der Waals surface area contributed by atoms with Gasteiger partial charge in [0.15, 0.2) is 5.96 Å². The summed E-state index contributed by atoms with van der Waals surface area (Å²) < 4.78 is 1.85. The highest BCUT2D eigenvalue weighted by Gasteiger charge is 2.19. The van der Waals surface area contributed by atoms with Crippen molar-refractivity contribution in [1.82, 2.24) is 25.3 Å². The molecule has 0 unspecified atom stereocenters. The number of halogens is 2. The smallest absolute Gasteiger partial charge is 0.191 e. The van der Waals surface area contributed by atoms with Gasteiger partial charge in [0.25, 0.3) is 0 Å². The molecule has 160 valence electrons. The number of aliphatic imine (C=N–C) groups is 1. The Hall–Kier alpha value is -1.32. The van der Waals surface area contributed by atoms with E-state index in [1.165, 1.54) is 38.9 Å². The molecule has 1 aromatic heterocycles. The number of aromatic nitrogens is 2. The molecule has 1 aromatic carbocycles. The van der Waals surface area contributed by atoms with E-state index in [4.69, 9.17) is 16.6 Å². The Morgan fingerprint density at radius 1 is 1.21 bits per heavy atom. The molecule has 29 heavy (non-hydrogen) atoms. The molecule has 1 aliphatic heterocycles. The summed E-state index contributed by atoms with van der Waals surface area (Å²) in [5.41, 5.74) is 2.06. The van der Waals surface area contributed by atoms with Crippen molar-refractivity contribution in [2.24, 2.45) is 4.99 Å². The van der Waals surface area contributed by atoms with Gasteiger partial charge in [-0.25, -0.2) is 9.67 Å². The van der Waals surface area contributed by atoms with Gasteiger partial charge < -0.3 is 15.5 Å². The van der Waals surface area contributed by atoms with E-state index in [1.807, 2.05) is 41.3 Å². The SMILES string of the molecule is CCCN1CCC(NC(=NCc2cnn(-c3ccc(Cl)cc3)c2)NCC)CC1.I. The van der Waals surface area contributed by atoms with E-state index in [9.17, 15) is 0 Å². The van der Waals surface area contributed by atoms with Gasteiger partial charge in [0, 0.05) is 42.5 Å². The van der Waals surface area contributed by atoms with E-state index in [1.54, 1.807) is 0 Å². The van der Waals surface area contributed by atoms with Crippen LogP contribution in [-0.4, -0.2) is 52.9 Å². The third-order valence-electron chi connectivity index (χ3n) is 4.96. The summed E-state index contributed by atoms with van der Waals surface area (Å²) in [6.07, 6.45) is 7.44. The van der Waals surface area contributed by atoms with Gasteiger partial charge in [0.2, 0.25) is 0 Å². The van der Waals surface area contributed by atoms with Gasteiger partial charge in [-0.05, 0) is 57.0 Å². The molecule has 0 aliphatic carbocycles. The van der Waals surface area contributed by atoms with Crippen LogP contribution in [0.5, 0.6) is 0 Å². The zero-order chi connectivity index (χ0) is 19.8. The summed E-state index contributed by atoms with van der Waals surface area (Å²) >= 11 is 5.96. The van der Waals surface area contributed by atoms with Crippen molar-refractivity contribution in [2.45, 2.75) is 45.7 Å². The molecular weight excluding hydrogens is 499 g/mol. The Kier molecular flexibility index (Phi) is 10.2. The van der Waals surface area contributed by atoms with Crippen molar-refractivity contribution in [1.29, 1.82) is 0 Å². The maximum absolute atomic E-state index is 5.96. The molecule has 1 fully saturated rings. The molecule has 0 spiro atoms. The summed E-state index contributed by atoms with van der Waals surface area (Å²) in [6, 6.07) is 8.14. The van der Waals surface area contributed by atoms with Crippen molar-refractivity contribution in [3.63, 3.8) is 0 Å². The second-order valence-electron chi connectivity index (χ2n) is 7.22. The minimum atomic E-state index is 0. The molecule has 2 aromatic rings. The van der Waals surface area contributed by atoms with E-state index >= 15 is 0 Å². The zero-order valence-electron chi connectivity index (χ0n) is 17.3. The second-order valence-corrected chi connectivity index (χ2v) is 7.66. The van der Waals surface area contributed by atoms with Crippen LogP contribution in [0.4, 0.5) is 0 Å². The van der Waals surface area contributed by atoms with Gasteiger partial charge in [-0.1, -0.05) is 18.5 Å². The number of hydrogen-bond acceptors (Lipinski definition) is 3. The van der Waals surface area contributed by atoms with Crippen molar-refractivity contribution in [3.05, 3.63) is 47.2 Å². The van der Waals surface area contributed by atoms with Crippen molar-refractivity contribution in [2.75, 3.05) is 26.2 Å². The first kappa shape index (κ1) is 24.0. The first-order valence-electron chi connectivity index (χ1n) is 10.2. The average molecular weight is 531 g/mol. The fourth-order valence-corrected chi connectivity index (χ4v) is 3.60. The van der Waals surface area contributed by atoms with Crippen LogP contribution < -0.4 is 10.6 Å². The fraction of sp³-hybridized carbons (Fsp3) is 0.524. The lowest BCUT2D eigenvalue weighted by Gasteiger charge is -2.32. The van der Waals surface area contributed by atoms with E-state index in [-0.39, 0.29) is 24.0 Å². The van der Waals surface area contributed by atoms with Crippen LogP contribution in [0.3, 0.4) is 0 Å². The molecule has 2 heterocycles. The Morgan fingerprint density at radius 2 is 1.93 bits per heavy atom. The topological polar surface area (TPSA) is 57.5 Å². The average Bonchev–Trinajstić information content (AvgIpc) is 3.18. The number of piperidine rings is 1. The Labute approximate surface area is 196 Å². The first-order chi connectivity index (χ1) is 13.7. The quantitative estimate of drug-likeness (QED) is 0.322. The maximum atomic E-state index is 5.96. The number of nitrogens with one attached hydrogen (secondary N) is 2. The highest BCUT2D eigenvalue weighted by molar-refractivity contribution is 14.0. The minimum Gasteiger partial charge on any atom is -0.357 e. The molecule has 0 radical (unpaired) electrons. The molecule has 0 bridgehead atoms.